The zero-order valence-corrected chi connectivity index (χ0v) is 7.93. The summed E-state index contributed by atoms with van der Waals surface area (Å²) < 4.78 is 22.7. The van der Waals surface area contributed by atoms with E-state index in [1.165, 1.54) is 7.05 Å². The first kappa shape index (κ1) is 10.9. The molecule has 0 amide bonds. The Balaban J connectivity index is 3.98. The molecule has 0 aromatic rings. The minimum atomic E-state index is -3.13. The largest absolute Gasteiger partial charge is 0.392 e. The van der Waals surface area contributed by atoms with Crippen LogP contribution < -0.4 is 0 Å². The summed E-state index contributed by atoms with van der Waals surface area (Å²) in [5.41, 5.74) is 0. The van der Waals surface area contributed by atoms with Crippen molar-refractivity contribution in [3.63, 3.8) is 0 Å². The smallest absolute Gasteiger partial charge is 0.211 e. The molecule has 0 rings (SSSR count). The lowest BCUT2D eigenvalue weighted by Crippen LogP contribution is -2.33. The van der Waals surface area contributed by atoms with Gasteiger partial charge in [-0.25, -0.2) is 12.7 Å². The van der Waals surface area contributed by atoms with Gasteiger partial charge in [-0.2, -0.15) is 0 Å². The van der Waals surface area contributed by atoms with Crippen molar-refractivity contribution in [2.75, 3.05) is 19.8 Å². The van der Waals surface area contributed by atoms with Crippen molar-refractivity contribution in [2.45, 2.75) is 19.4 Å². The second kappa shape index (κ2) is 4.04. The molecule has 0 aromatic carbocycles. The van der Waals surface area contributed by atoms with Gasteiger partial charge in [0.15, 0.2) is 0 Å². The fourth-order valence-corrected chi connectivity index (χ4v) is 1.00. The third-order valence-electron chi connectivity index (χ3n) is 1.51. The van der Waals surface area contributed by atoms with Gasteiger partial charge in [0.05, 0.1) is 12.4 Å². The van der Waals surface area contributed by atoms with E-state index in [1.54, 1.807) is 6.92 Å². The fourth-order valence-electron chi connectivity index (χ4n) is 0.561. The van der Waals surface area contributed by atoms with E-state index < -0.39 is 16.1 Å². The Hall–Kier alpha value is -0.130. The predicted molar refractivity (Wildman–Crippen MR) is 43.8 cm³/mol. The van der Waals surface area contributed by atoms with Crippen LogP contribution in [0.1, 0.15) is 13.3 Å². The molecule has 0 radical (unpaired) electrons. The first-order valence-corrected chi connectivity index (χ1v) is 5.32. The second-order valence-electron chi connectivity index (χ2n) is 2.61. The molecule has 1 N–H and O–H groups in total. The number of sulfonamides is 1. The number of likely N-dealkylation sites (N-methyl/N-ethyl adjacent to an activating group) is 1. The Kier molecular flexibility index (Phi) is 3.99. The maximum Gasteiger partial charge on any atom is 0.211 e. The second-order valence-corrected chi connectivity index (χ2v) is 4.69. The molecular formula is C6H15NO3S. The number of rotatable bonds is 4. The van der Waals surface area contributed by atoms with E-state index in [2.05, 4.69) is 0 Å². The molecule has 0 heterocycles. The topological polar surface area (TPSA) is 57.6 Å². The molecule has 0 saturated carbocycles. The third kappa shape index (κ3) is 4.34. The highest BCUT2D eigenvalue weighted by Gasteiger charge is 2.13. The highest BCUT2D eigenvalue weighted by atomic mass is 32.2. The zero-order chi connectivity index (χ0) is 9.07. The van der Waals surface area contributed by atoms with Crippen LogP contribution in [0.25, 0.3) is 0 Å². The lowest BCUT2D eigenvalue weighted by Gasteiger charge is -2.16. The molecule has 68 valence electrons. The molecule has 1 atom stereocenters. The molecule has 0 spiro atoms. The number of nitrogens with zero attached hydrogens (tertiary/aromatic N) is 1. The Morgan fingerprint density at radius 1 is 1.55 bits per heavy atom. The molecule has 0 fully saturated rings. The van der Waals surface area contributed by atoms with Gasteiger partial charge in [-0.05, 0) is 6.42 Å². The van der Waals surface area contributed by atoms with E-state index in [-0.39, 0.29) is 6.54 Å². The zero-order valence-electron chi connectivity index (χ0n) is 7.11. The Labute approximate surface area is 67.9 Å². The van der Waals surface area contributed by atoms with Crippen LogP contribution >= 0.6 is 0 Å². The van der Waals surface area contributed by atoms with Crippen LogP contribution in [0.3, 0.4) is 0 Å². The number of hydrogen-bond acceptors (Lipinski definition) is 3. The summed E-state index contributed by atoms with van der Waals surface area (Å²) >= 11 is 0. The quantitative estimate of drug-likeness (QED) is 0.645. The van der Waals surface area contributed by atoms with E-state index in [1.807, 2.05) is 0 Å². The average Bonchev–Trinajstić information content (AvgIpc) is 1.85. The lowest BCUT2D eigenvalue weighted by molar-refractivity contribution is 0.149. The average molecular weight is 181 g/mol. The molecule has 0 aliphatic carbocycles. The van der Waals surface area contributed by atoms with Gasteiger partial charge in [-0.3, -0.25) is 0 Å². The number of hydrogen-bond donors (Lipinski definition) is 1. The summed E-state index contributed by atoms with van der Waals surface area (Å²) in [6.07, 6.45) is 1.13. The summed E-state index contributed by atoms with van der Waals surface area (Å²) in [5.74, 6) is 0. The predicted octanol–water partition coefficient (Wildman–Crippen LogP) is -0.351. The van der Waals surface area contributed by atoms with Gasteiger partial charge in [0.2, 0.25) is 10.0 Å². The van der Waals surface area contributed by atoms with Gasteiger partial charge in [0.1, 0.15) is 0 Å². The third-order valence-corrected chi connectivity index (χ3v) is 2.79. The summed E-state index contributed by atoms with van der Waals surface area (Å²) in [6, 6.07) is 0. The highest BCUT2D eigenvalue weighted by molar-refractivity contribution is 7.88. The molecule has 0 unspecified atom stereocenters. The molecule has 0 aromatic heterocycles. The maximum atomic E-state index is 10.8. The van der Waals surface area contributed by atoms with Gasteiger partial charge in [0.25, 0.3) is 0 Å². The van der Waals surface area contributed by atoms with Crippen molar-refractivity contribution in [1.82, 2.24) is 4.31 Å². The van der Waals surface area contributed by atoms with Crippen molar-refractivity contribution >= 4 is 10.0 Å². The molecular weight excluding hydrogens is 166 g/mol. The molecule has 0 bridgehead atoms. The van der Waals surface area contributed by atoms with Crippen molar-refractivity contribution < 1.29 is 13.5 Å². The minimum absolute atomic E-state index is 0.176. The van der Waals surface area contributed by atoms with Crippen molar-refractivity contribution in [3.8, 4) is 0 Å². The molecule has 5 heteroatoms. The minimum Gasteiger partial charge on any atom is -0.392 e. The monoisotopic (exact) mass is 181 g/mol. The Bertz CT molecular complexity index is 200. The van der Waals surface area contributed by atoms with Crippen LogP contribution in [0.4, 0.5) is 0 Å². The van der Waals surface area contributed by atoms with E-state index >= 15 is 0 Å². The van der Waals surface area contributed by atoms with Gasteiger partial charge in [-0.1, -0.05) is 6.92 Å². The van der Waals surface area contributed by atoms with Gasteiger partial charge < -0.3 is 5.11 Å². The standard InChI is InChI=1S/C6H15NO3S/c1-4-6(8)5-7(2)11(3,9)10/h6,8H,4-5H2,1-3H3/t6-/m0/s1. The summed E-state index contributed by atoms with van der Waals surface area (Å²) in [7, 11) is -1.68. The van der Waals surface area contributed by atoms with E-state index in [9.17, 15) is 8.42 Å². The normalized spacial score (nSPS) is 15.4. The summed E-state index contributed by atoms with van der Waals surface area (Å²) in [5, 5.41) is 9.09. The molecule has 0 aliphatic rings. The molecule has 11 heavy (non-hydrogen) atoms. The van der Waals surface area contributed by atoms with Gasteiger partial charge >= 0.3 is 0 Å². The van der Waals surface area contributed by atoms with Crippen LogP contribution in [0.5, 0.6) is 0 Å². The fraction of sp³-hybridized carbons (Fsp3) is 1.00. The van der Waals surface area contributed by atoms with E-state index in [0.717, 1.165) is 10.6 Å². The molecule has 4 nitrogen and oxygen atoms in total. The highest BCUT2D eigenvalue weighted by Crippen LogP contribution is 1.97. The Morgan fingerprint density at radius 2 is 2.00 bits per heavy atom. The van der Waals surface area contributed by atoms with Crippen LogP contribution in [-0.2, 0) is 10.0 Å². The molecule has 0 saturated heterocycles. The van der Waals surface area contributed by atoms with Crippen LogP contribution in [0.2, 0.25) is 0 Å². The van der Waals surface area contributed by atoms with E-state index in [0.29, 0.717) is 6.42 Å². The molecule has 0 aliphatic heterocycles. The van der Waals surface area contributed by atoms with Crippen LogP contribution in [0.15, 0.2) is 0 Å². The first-order chi connectivity index (χ1) is 4.88. The first-order valence-electron chi connectivity index (χ1n) is 3.47. The number of aliphatic hydroxyl groups excluding tert-OH is 1. The van der Waals surface area contributed by atoms with E-state index in [4.69, 9.17) is 5.11 Å². The maximum absolute atomic E-state index is 10.8. The van der Waals surface area contributed by atoms with Crippen molar-refractivity contribution in [3.05, 3.63) is 0 Å². The summed E-state index contributed by atoms with van der Waals surface area (Å²) in [4.78, 5) is 0. The van der Waals surface area contributed by atoms with Crippen molar-refractivity contribution in [2.24, 2.45) is 0 Å². The van der Waals surface area contributed by atoms with Gasteiger partial charge in [-0.15, -0.1) is 0 Å². The van der Waals surface area contributed by atoms with Crippen LogP contribution in [-0.4, -0.2) is 43.8 Å². The number of aliphatic hydroxyl groups is 1. The Morgan fingerprint density at radius 3 is 2.27 bits per heavy atom. The lowest BCUT2D eigenvalue weighted by atomic mass is 10.3. The SMILES string of the molecule is CC[C@H](O)CN(C)S(C)(=O)=O. The summed E-state index contributed by atoms with van der Waals surface area (Å²) in [6.45, 7) is 1.98. The van der Waals surface area contributed by atoms with Crippen LogP contribution in [0, 0.1) is 0 Å². The van der Waals surface area contributed by atoms with Gasteiger partial charge in [0, 0.05) is 13.6 Å². The van der Waals surface area contributed by atoms with Crippen molar-refractivity contribution in [1.29, 1.82) is 0 Å².